The van der Waals surface area contributed by atoms with Crippen LogP contribution in [0.15, 0.2) is 0 Å². The lowest BCUT2D eigenvalue weighted by molar-refractivity contribution is -0.0639. The van der Waals surface area contributed by atoms with Gasteiger partial charge >= 0.3 is 6.09 Å². The molecule has 136 valence electrons. The lowest BCUT2D eigenvalue weighted by Gasteiger charge is -2.39. The van der Waals surface area contributed by atoms with Gasteiger partial charge in [-0.3, -0.25) is 4.90 Å². The normalized spacial score (nSPS) is 22.3. The first kappa shape index (κ1) is 20.5. The fourth-order valence-corrected chi connectivity index (χ4v) is 3.25. The van der Waals surface area contributed by atoms with E-state index in [-0.39, 0.29) is 17.2 Å². The molecule has 1 aliphatic rings. The van der Waals surface area contributed by atoms with Crippen molar-refractivity contribution >= 4 is 14.4 Å². The van der Waals surface area contributed by atoms with Gasteiger partial charge in [0, 0.05) is 0 Å². The Bertz CT molecular complexity index is 435. The standard InChI is InChI=1S/C17H35NO4Si/c1-15(2,3)22-14(19)18-13(11-20-17(18,7)8)12-21-23(9,10)16(4,5)6/h13H,11-12H2,1-10H3/t13-/m1/s1. The third-order valence-corrected chi connectivity index (χ3v) is 9.11. The smallest absolute Gasteiger partial charge is 0.412 e. The summed E-state index contributed by atoms with van der Waals surface area (Å²) in [5.41, 5.74) is -1.20. The number of rotatable bonds is 3. The van der Waals surface area contributed by atoms with Crippen LogP contribution in [0.25, 0.3) is 0 Å². The maximum atomic E-state index is 12.6. The Hall–Kier alpha value is -0.593. The van der Waals surface area contributed by atoms with Crippen molar-refractivity contribution in [3.63, 3.8) is 0 Å². The zero-order valence-electron chi connectivity index (χ0n) is 16.6. The number of carbonyl (C=O) groups excluding carboxylic acids is 1. The second-order valence-electron chi connectivity index (χ2n) is 9.33. The van der Waals surface area contributed by atoms with Gasteiger partial charge in [-0.2, -0.15) is 0 Å². The molecule has 1 amide bonds. The van der Waals surface area contributed by atoms with Crippen LogP contribution >= 0.6 is 0 Å². The SMILES string of the molecule is CC(C)(C)OC(=O)N1[C@@H](CO[Si](C)(C)C(C)(C)C)COC1(C)C. The van der Waals surface area contributed by atoms with Crippen LogP contribution in [0.4, 0.5) is 4.79 Å². The van der Waals surface area contributed by atoms with Crippen LogP contribution in [0.1, 0.15) is 55.4 Å². The highest BCUT2D eigenvalue weighted by atomic mass is 28.4. The van der Waals surface area contributed by atoms with E-state index in [1.807, 2.05) is 34.6 Å². The molecular weight excluding hydrogens is 310 g/mol. The molecule has 0 aromatic carbocycles. The van der Waals surface area contributed by atoms with Crippen LogP contribution in [0, 0.1) is 0 Å². The predicted molar refractivity (Wildman–Crippen MR) is 95.0 cm³/mol. The second-order valence-corrected chi connectivity index (χ2v) is 14.1. The third-order valence-electron chi connectivity index (χ3n) is 4.61. The summed E-state index contributed by atoms with van der Waals surface area (Å²) in [5, 5.41) is 0.138. The number of hydrogen-bond donors (Lipinski definition) is 0. The summed E-state index contributed by atoms with van der Waals surface area (Å²) in [4.78, 5) is 14.3. The summed E-state index contributed by atoms with van der Waals surface area (Å²) in [6, 6.07) is -0.117. The second kappa shape index (κ2) is 6.37. The molecule has 1 aliphatic heterocycles. The molecule has 1 atom stereocenters. The minimum absolute atomic E-state index is 0.117. The van der Waals surface area contributed by atoms with Crippen molar-refractivity contribution in [1.29, 1.82) is 0 Å². The Balaban J connectivity index is 2.84. The van der Waals surface area contributed by atoms with Gasteiger partial charge in [-0.1, -0.05) is 20.8 Å². The van der Waals surface area contributed by atoms with E-state index in [1.165, 1.54) is 0 Å². The molecule has 23 heavy (non-hydrogen) atoms. The molecule has 0 aliphatic carbocycles. The third kappa shape index (κ3) is 5.19. The van der Waals surface area contributed by atoms with E-state index in [2.05, 4.69) is 33.9 Å². The molecule has 0 bridgehead atoms. The summed E-state index contributed by atoms with van der Waals surface area (Å²) >= 11 is 0. The predicted octanol–water partition coefficient (Wildman–Crippen LogP) is 4.38. The van der Waals surface area contributed by atoms with Gasteiger partial charge in [-0.05, 0) is 52.8 Å². The van der Waals surface area contributed by atoms with Crippen LogP contribution in [0.5, 0.6) is 0 Å². The van der Waals surface area contributed by atoms with Crippen LogP contribution in [-0.4, -0.2) is 49.9 Å². The quantitative estimate of drug-likeness (QED) is 0.712. The number of amides is 1. The molecule has 0 unspecified atom stereocenters. The minimum atomic E-state index is -1.86. The van der Waals surface area contributed by atoms with Crippen molar-refractivity contribution in [1.82, 2.24) is 4.90 Å². The van der Waals surface area contributed by atoms with E-state index in [4.69, 9.17) is 13.9 Å². The zero-order chi connectivity index (χ0) is 18.3. The summed E-state index contributed by atoms with van der Waals surface area (Å²) in [6.07, 6.45) is -0.344. The van der Waals surface area contributed by atoms with Crippen molar-refractivity contribution in [2.75, 3.05) is 13.2 Å². The summed E-state index contributed by atoms with van der Waals surface area (Å²) < 4.78 is 17.7. The average Bonchev–Trinajstić information content (AvgIpc) is 2.58. The van der Waals surface area contributed by atoms with Gasteiger partial charge < -0.3 is 13.9 Å². The Morgan fingerprint density at radius 1 is 1.22 bits per heavy atom. The molecule has 0 radical (unpaired) electrons. The Morgan fingerprint density at radius 3 is 2.17 bits per heavy atom. The fourth-order valence-electron chi connectivity index (χ4n) is 2.21. The average molecular weight is 346 g/mol. The lowest BCUT2D eigenvalue weighted by atomic mass is 10.2. The molecule has 0 spiro atoms. The fraction of sp³-hybridized carbons (Fsp3) is 0.941. The van der Waals surface area contributed by atoms with E-state index < -0.39 is 19.6 Å². The van der Waals surface area contributed by atoms with E-state index in [0.717, 1.165) is 0 Å². The van der Waals surface area contributed by atoms with Gasteiger partial charge in [0.15, 0.2) is 8.32 Å². The highest BCUT2D eigenvalue weighted by Crippen LogP contribution is 2.37. The number of hydrogen-bond acceptors (Lipinski definition) is 4. The number of nitrogens with zero attached hydrogens (tertiary/aromatic N) is 1. The van der Waals surface area contributed by atoms with Crippen LogP contribution in [0.3, 0.4) is 0 Å². The molecule has 1 rings (SSSR count). The summed E-state index contributed by atoms with van der Waals surface area (Å²) in [6.45, 7) is 21.4. The van der Waals surface area contributed by atoms with Crippen molar-refractivity contribution in [2.24, 2.45) is 0 Å². The molecule has 1 saturated heterocycles. The first-order valence-electron chi connectivity index (χ1n) is 8.37. The van der Waals surface area contributed by atoms with E-state index in [9.17, 15) is 4.79 Å². The summed E-state index contributed by atoms with van der Waals surface area (Å²) in [5.74, 6) is 0. The molecule has 5 nitrogen and oxygen atoms in total. The van der Waals surface area contributed by atoms with Gasteiger partial charge in [0.25, 0.3) is 0 Å². The Morgan fingerprint density at radius 2 is 1.74 bits per heavy atom. The van der Waals surface area contributed by atoms with Crippen molar-refractivity contribution in [2.45, 2.75) is 90.9 Å². The molecule has 1 fully saturated rings. The van der Waals surface area contributed by atoms with Gasteiger partial charge in [0.1, 0.15) is 11.3 Å². The zero-order valence-corrected chi connectivity index (χ0v) is 17.6. The van der Waals surface area contributed by atoms with E-state index >= 15 is 0 Å². The van der Waals surface area contributed by atoms with Crippen molar-refractivity contribution < 1.29 is 18.7 Å². The lowest BCUT2D eigenvalue weighted by Crippen LogP contribution is -2.52. The first-order valence-corrected chi connectivity index (χ1v) is 11.3. The Kier molecular flexibility index (Phi) is 5.67. The van der Waals surface area contributed by atoms with Gasteiger partial charge in [-0.25, -0.2) is 4.79 Å². The van der Waals surface area contributed by atoms with Crippen molar-refractivity contribution in [3.05, 3.63) is 0 Å². The largest absolute Gasteiger partial charge is 0.444 e. The van der Waals surface area contributed by atoms with Crippen LogP contribution in [-0.2, 0) is 13.9 Å². The van der Waals surface area contributed by atoms with Gasteiger partial charge in [0.05, 0.1) is 19.3 Å². The minimum Gasteiger partial charge on any atom is -0.444 e. The molecular formula is C17H35NO4Si. The number of carbonyl (C=O) groups is 1. The Labute approximate surface area is 142 Å². The van der Waals surface area contributed by atoms with E-state index in [0.29, 0.717) is 13.2 Å². The maximum Gasteiger partial charge on any atom is 0.412 e. The molecule has 6 heteroatoms. The van der Waals surface area contributed by atoms with E-state index in [1.54, 1.807) is 4.90 Å². The van der Waals surface area contributed by atoms with Gasteiger partial charge in [-0.15, -0.1) is 0 Å². The molecule has 0 saturated carbocycles. The first-order chi connectivity index (χ1) is 10.1. The molecule has 0 N–H and O–H groups in total. The molecule has 1 heterocycles. The van der Waals surface area contributed by atoms with Crippen LogP contribution < -0.4 is 0 Å². The highest BCUT2D eigenvalue weighted by Gasteiger charge is 2.47. The summed E-state index contributed by atoms with van der Waals surface area (Å²) in [7, 11) is -1.86. The maximum absolute atomic E-state index is 12.6. The number of ether oxygens (including phenoxy) is 2. The highest BCUT2D eigenvalue weighted by molar-refractivity contribution is 6.74. The van der Waals surface area contributed by atoms with Crippen molar-refractivity contribution in [3.8, 4) is 0 Å². The van der Waals surface area contributed by atoms with Crippen LogP contribution in [0.2, 0.25) is 18.1 Å². The monoisotopic (exact) mass is 345 g/mol. The molecule has 0 aromatic heterocycles. The molecule has 0 aromatic rings. The topological polar surface area (TPSA) is 48.0 Å². The van der Waals surface area contributed by atoms with Gasteiger partial charge in [0.2, 0.25) is 0 Å².